The van der Waals surface area contributed by atoms with Crippen molar-refractivity contribution in [2.24, 2.45) is 0 Å². The number of aromatic hydroxyl groups is 1. The zero-order valence-electron chi connectivity index (χ0n) is 9.53. The molecule has 0 aliphatic rings. The summed E-state index contributed by atoms with van der Waals surface area (Å²) in [6.45, 7) is 3.67. The number of benzene rings is 1. The molecule has 1 rings (SSSR count). The van der Waals surface area contributed by atoms with Gasteiger partial charge in [0.05, 0.1) is 11.7 Å². The van der Waals surface area contributed by atoms with E-state index >= 15 is 0 Å². The predicted molar refractivity (Wildman–Crippen MR) is 61.5 cm³/mol. The van der Waals surface area contributed by atoms with Crippen LogP contribution in [0, 0.1) is 0 Å². The lowest BCUT2D eigenvalue weighted by atomic mass is 10.1. The first kappa shape index (κ1) is 12.5. The van der Waals surface area contributed by atoms with Crippen LogP contribution in [0.3, 0.4) is 0 Å². The number of aliphatic hydroxyl groups excluding tert-OH is 1. The summed E-state index contributed by atoms with van der Waals surface area (Å²) < 4.78 is 0. The molecule has 0 aromatic heterocycles. The van der Waals surface area contributed by atoms with Crippen molar-refractivity contribution in [3.8, 4) is 5.75 Å². The number of phenols is 1. The highest BCUT2D eigenvalue weighted by molar-refractivity contribution is 5.97. The Kier molecular flexibility index (Phi) is 4.31. The number of carbonyl (C=O) groups is 1. The number of para-hydroxylation sites is 1. The van der Waals surface area contributed by atoms with Crippen LogP contribution in [0.25, 0.3) is 0 Å². The average Bonchev–Trinajstić information content (AvgIpc) is 2.26. The molecule has 0 saturated heterocycles. The van der Waals surface area contributed by atoms with Crippen LogP contribution in [0.1, 0.15) is 29.8 Å². The van der Waals surface area contributed by atoms with Gasteiger partial charge in [-0.05, 0) is 25.0 Å². The maximum atomic E-state index is 11.7. The molecule has 3 N–H and O–H groups in total. The molecule has 0 unspecified atom stereocenters. The van der Waals surface area contributed by atoms with E-state index in [9.17, 15) is 9.90 Å². The van der Waals surface area contributed by atoms with Crippen LogP contribution in [0.4, 0.5) is 0 Å². The molecule has 0 heterocycles. The quantitative estimate of drug-likeness (QED) is 0.715. The van der Waals surface area contributed by atoms with Crippen molar-refractivity contribution in [3.63, 3.8) is 0 Å². The number of carbonyl (C=O) groups excluding carboxylic acids is 1. The molecule has 1 atom stereocenters. The van der Waals surface area contributed by atoms with Crippen molar-refractivity contribution in [2.45, 2.75) is 26.4 Å². The van der Waals surface area contributed by atoms with E-state index < -0.39 is 6.10 Å². The number of hydrogen-bond acceptors (Lipinski definition) is 3. The van der Waals surface area contributed by atoms with Crippen molar-refractivity contribution in [2.75, 3.05) is 6.54 Å². The minimum atomic E-state index is -0.597. The van der Waals surface area contributed by atoms with Gasteiger partial charge in [-0.15, -0.1) is 0 Å². The topological polar surface area (TPSA) is 69.6 Å². The van der Waals surface area contributed by atoms with E-state index in [1.54, 1.807) is 25.1 Å². The molecule has 16 heavy (non-hydrogen) atoms. The minimum absolute atomic E-state index is 0.0214. The van der Waals surface area contributed by atoms with Gasteiger partial charge in [0, 0.05) is 6.54 Å². The van der Waals surface area contributed by atoms with E-state index in [0.717, 1.165) is 5.56 Å². The van der Waals surface area contributed by atoms with Gasteiger partial charge in [0.2, 0.25) is 0 Å². The van der Waals surface area contributed by atoms with Crippen molar-refractivity contribution < 1.29 is 15.0 Å². The van der Waals surface area contributed by atoms with Crippen LogP contribution in [0.5, 0.6) is 5.75 Å². The monoisotopic (exact) mass is 223 g/mol. The van der Waals surface area contributed by atoms with Gasteiger partial charge in [0.1, 0.15) is 5.75 Å². The molecule has 0 aliphatic carbocycles. The van der Waals surface area contributed by atoms with Gasteiger partial charge >= 0.3 is 0 Å². The Bertz CT molecular complexity index is 375. The molecule has 0 aliphatic heterocycles. The number of nitrogens with one attached hydrogen (secondary N) is 1. The lowest BCUT2D eigenvalue weighted by Crippen LogP contribution is -2.30. The molecule has 0 fully saturated rings. The normalized spacial score (nSPS) is 12.2. The van der Waals surface area contributed by atoms with Crippen molar-refractivity contribution in [1.82, 2.24) is 5.32 Å². The summed E-state index contributed by atoms with van der Waals surface area (Å²) in [5.41, 5.74) is 0.990. The van der Waals surface area contributed by atoms with Crippen molar-refractivity contribution in [1.29, 1.82) is 0 Å². The molecule has 0 spiro atoms. The molecule has 1 aromatic rings. The van der Waals surface area contributed by atoms with Crippen LogP contribution < -0.4 is 5.32 Å². The third-order valence-electron chi connectivity index (χ3n) is 2.30. The van der Waals surface area contributed by atoms with Gasteiger partial charge in [0.25, 0.3) is 5.91 Å². The van der Waals surface area contributed by atoms with Gasteiger partial charge in [0.15, 0.2) is 0 Å². The standard InChI is InChI=1S/C12H17NO3/c1-3-9-5-4-6-10(11(9)15)12(16)13-7-8(2)14/h4-6,8,14-15H,3,7H2,1-2H3,(H,13,16)/t8-/m0/s1. The van der Waals surface area contributed by atoms with Crippen LogP contribution in [-0.2, 0) is 6.42 Å². The highest BCUT2D eigenvalue weighted by Gasteiger charge is 2.13. The van der Waals surface area contributed by atoms with E-state index in [4.69, 9.17) is 5.11 Å². The Morgan fingerprint density at radius 2 is 2.19 bits per heavy atom. The van der Waals surface area contributed by atoms with Crippen LogP contribution in [0.2, 0.25) is 0 Å². The Hall–Kier alpha value is -1.55. The average molecular weight is 223 g/mol. The maximum absolute atomic E-state index is 11.7. The largest absolute Gasteiger partial charge is 0.507 e. The number of amides is 1. The summed E-state index contributed by atoms with van der Waals surface area (Å²) in [7, 11) is 0. The molecule has 1 amide bonds. The summed E-state index contributed by atoms with van der Waals surface area (Å²) in [5.74, 6) is -0.346. The molecular formula is C12H17NO3. The summed E-state index contributed by atoms with van der Waals surface area (Å²) in [6.07, 6.45) is 0.0732. The smallest absolute Gasteiger partial charge is 0.255 e. The number of hydrogen-bond donors (Lipinski definition) is 3. The highest BCUT2D eigenvalue weighted by atomic mass is 16.3. The second-order valence-electron chi connectivity index (χ2n) is 3.73. The summed E-state index contributed by atoms with van der Waals surface area (Å²) >= 11 is 0. The van der Waals surface area contributed by atoms with Crippen molar-refractivity contribution >= 4 is 5.91 Å². The first-order chi connectivity index (χ1) is 7.56. The summed E-state index contributed by atoms with van der Waals surface area (Å²) in [5, 5.41) is 21.4. The Labute approximate surface area is 94.9 Å². The molecule has 4 nitrogen and oxygen atoms in total. The number of phenolic OH excluding ortho intramolecular Hbond substituents is 1. The predicted octanol–water partition coefficient (Wildman–Crippen LogP) is 1.07. The molecule has 0 saturated carbocycles. The SMILES string of the molecule is CCc1cccc(C(=O)NC[C@H](C)O)c1O. The fraction of sp³-hybridized carbons (Fsp3) is 0.417. The second-order valence-corrected chi connectivity index (χ2v) is 3.73. The Morgan fingerprint density at radius 1 is 1.50 bits per heavy atom. The Balaban J connectivity index is 2.83. The van der Waals surface area contributed by atoms with E-state index in [-0.39, 0.29) is 23.8 Å². The minimum Gasteiger partial charge on any atom is -0.507 e. The number of aliphatic hydroxyl groups is 1. The third kappa shape index (κ3) is 2.97. The molecule has 0 radical (unpaired) electrons. The van der Waals surface area contributed by atoms with Crippen LogP contribution in [-0.4, -0.2) is 28.8 Å². The van der Waals surface area contributed by atoms with Crippen LogP contribution in [0.15, 0.2) is 18.2 Å². The van der Waals surface area contributed by atoms with E-state index in [1.807, 2.05) is 6.92 Å². The summed E-state index contributed by atoms with van der Waals surface area (Å²) in [4.78, 5) is 11.7. The van der Waals surface area contributed by atoms with Crippen molar-refractivity contribution in [3.05, 3.63) is 29.3 Å². The third-order valence-corrected chi connectivity index (χ3v) is 2.30. The molecular weight excluding hydrogens is 206 g/mol. The molecule has 0 bridgehead atoms. The first-order valence-corrected chi connectivity index (χ1v) is 5.33. The van der Waals surface area contributed by atoms with E-state index in [0.29, 0.717) is 6.42 Å². The first-order valence-electron chi connectivity index (χ1n) is 5.33. The lowest BCUT2D eigenvalue weighted by Gasteiger charge is -2.10. The number of rotatable bonds is 4. The maximum Gasteiger partial charge on any atom is 0.255 e. The zero-order chi connectivity index (χ0) is 12.1. The van der Waals surface area contributed by atoms with Gasteiger partial charge in [-0.3, -0.25) is 4.79 Å². The second kappa shape index (κ2) is 5.51. The van der Waals surface area contributed by atoms with E-state index in [2.05, 4.69) is 5.32 Å². The van der Waals surface area contributed by atoms with Gasteiger partial charge in [-0.2, -0.15) is 0 Å². The fourth-order valence-corrected chi connectivity index (χ4v) is 1.40. The molecule has 4 heteroatoms. The van der Waals surface area contributed by atoms with Gasteiger partial charge < -0.3 is 15.5 Å². The Morgan fingerprint density at radius 3 is 2.75 bits per heavy atom. The molecule has 1 aromatic carbocycles. The lowest BCUT2D eigenvalue weighted by molar-refractivity contribution is 0.0921. The van der Waals surface area contributed by atoms with Gasteiger partial charge in [-0.25, -0.2) is 0 Å². The fourth-order valence-electron chi connectivity index (χ4n) is 1.40. The van der Waals surface area contributed by atoms with Gasteiger partial charge in [-0.1, -0.05) is 19.1 Å². The van der Waals surface area contributed by atoms with E-state index in [1.165, 1.54) is 0 Å². The molecule has 88 valence electrons. The zero-order valence-corrected chi connectivity index (χ0v) is 9.53. The highest BCUT2D eigenvalue weighted by Crippen LogP contribution is 2.22. The number of aryl methyl sites for hydroxylation is 1. The summed E-state index contributed by atoms with van der Waals surface area (Å²) in [6, 6.07) is 5.07. The van der Waals surface area contributed by atoms with Crippen LogP contribution >= 0.6 is 0 Å².